The summed E-state index contributed by atoms with van der Waals surface area (Å²) in [7, 11) is 0. The van der Waals surface area contributed by atoms with E-state index < -0.39 is 17.5 Å². The summed E-state index contributed by atoms with van der Waals surface area (Å²) in [5.41, 5.74) is 8.11. The van der Waals surface area contributed by atoms with Crippen molar-refractivity contribution in [2.45, 2.75) is 45.2 Å². The molecule has 1 unspecified atom stereocenters. The number of hydrogen-bond acceptors (Lipinski definition) is 8. The molecule has 1 atom stereocenters. The number of anilines is 2. The molecule has 202 valence electrons. The second-order valence-electron chi connectivity index (χ2n) is 11.2. The van der Waals surface area contributed by atoms with E-state index in [1.54, 1.807) is 24.4 Å². The molecule has 4 N–H and O–H groups in total. The first-order valence-corrected chi connectivity index (χ1v) is 12.8. The first-order valence-electron chi connectivity index (χ1n) is 12.8. The standard InChI is InChI=1S/C29H28FN9O/c1-28(2,3)16-35-25-19(13-32)14-34-24-18(12-31)10-21(11-22(24)25)36-26(17-4-6-20(30)7-5-17)23-15-39(38-37-23)29(8-9-29)27(33)40/h4-7,10-11,14-15,26,36H,8-9,16H2,1-3H3,(H2,33,40)(H,34,35). The van der Waals surface area contributed by atoms with Crippen LogP contribution in [0.4, 0.5) is 15.8 Å². The van der Waals surface area contributed by atoms with E-state index in [9.17, 15) is 19.7 Å². The molecule has 5 rings (SSSR count). The Kier molecular flexibility index (Phi) is 6.60. The lowest BCUT2D eigenvalue weighted by molar-refractivity contribution is -0.122. The molecule has 1 aliphatic rings. The van der Waals surface area contributed by atoms with Crippen molar-refractivity contribution in [3.8, 4) is 12.1 Å². The number of carbonyl (C=O) groups excluding carboxylic acids is 1. The minimum atomic E-state index is -0.886. The van der Waals surface area contributed by atoms with Crippen molar-refractivity contribution in [2.24, 2.45) is 11.1 Å². The number of rotatable bonds is 8. The molecule has 4 aromatic rings. The lowest BCUT2D eigenvalue weighted by atomic mass is 9.96. The van der Waals surface area contributed by atoms with Crippen LogP contribution in [-0.4, -0.2) is 32.4 Å². The summed E-state index contributed by atoms with van der Waals surface area (Å²) < 4.78 is 15.3. The maximum Gasteiger partial charge on any atom is 0.245 e. The summed E-state index contributed by atoms with van der Waals surface area (Å²) in [6.07, 6.45) is 4.28. The highest BCUT2D eigenvalue weighted by Crippen LogP contribution is 2.43. The first-order chi connectivity index (χ1) is 19.0. The number of carbonyl (C=O) groups is 1. The van der Waals surface area contributed by atoms with Gasteiger partial charge in [0.05, 0.1) is 34.6 Å². The van der Waals surface area contributed by atoms with Crippen LogP contribution in [0.15, 0.2) is 48.8 Å². The predicted octanol–water partition coefficient (Wildman–Crippen LogP) is 4.34. The number of aromatic nitrogens is 4. The van der Waals surface area contributed by atoms with Gasteiger partial charge in [0.2, 0.25) is 5.91 Å². The molecule has 0 aliphatic heterocycles. The van der Waals surface area contributed by atoms with Gasteiger partial charge in [-0.15, -0.1) is 5.10 Å². The third-order valence-electron chi connectivity index (χ3n) is 6.95. The molecular formula is C29H28FN9O. The SMILES string of the molecule is CC(C)(C)CNc1c(C#N)cnc2c(C#N)cc(NC(c3ccc(F)cc3)c3cn(C4(C(N)=O)CC4)nn3)cc12. The van der Waals surface area contributed by atoms with E-state index in [4.69, 9.17) is 5.73 Å². The number of hydrogen-bond donors (Lipinski definition) is 3. The van der Waals surface area contributed by atoms with Gasteiger partial charge in [-0.05, 0) is 48.1 Å². The van der Waals surface area contributed by atoms with Crippen molar-refractivity contribution in [3.63, 3.8) is 0 Å². The molecule has 1 aliphatic carbocycles. The lowest BCUT2D eigenvalue weighted by Crippen LogP contribution is -2.34. The Morgan fingerprint density at radius 1 is 1.18 bits per heavy atom. The van der Waals surface area contributed by atoms with E-state index >= 15 is 0 Å². The van der Waals surface area contributed by atoms with Crippen molar-refractivity contribution >= 4 is 28.2 Å². The Morgan fingerprint density at radius 3 is 2.48 bits per heavy atom. The summed E-state index contributed by atoms with van der Waals surface area (Å²) in [6, 6.07) is 13.2. The molecule has 2 aromatic heterocycles. The van der Waals surface area contributed by atoms with Crippen molar-refractivity contribution in [1.82, 2.24) is 20.0 Å². The fraction of sp³-hybridized carbons (Fsp3) is 0.310. The second-order valence-corrected chi connectivity index (χ2v) is 11.2. The third kappa shape index (κ3) is 5.02. The summed E-state index contributed by atoms with van der Waals surface area (Å²) in [6.45, 7) is 6.82. The minimum absolute atomic E-state index is 0.0699. The van der Waals surface area contributed by atoms with Crippen LogP contribution in [0.3, 0.4) is 0 Å². The number of amides is 1. The molecule has 1 amide bonds. The molecule has 2 aromatic carbocycles. The molecular weight excluding hydrogens is 509 g/mol. The van der Waals surface area contributed by atoms with Gasteiger partial charge >= 0.3 is 0 Å². The third-order valence-corrected chi connectivity index (χ3v) is 6.95. The van der Waals surface area contributed by atoms with Crippen molar-refractivity contribution in [2.75, 3.05) is 17.2 Å². The normalized spacial score (nSPS) is 14.7. The molecule has 0 bridgehead atoms. The summed E-state index contributed by atoms with van der Waals surface area (Å²) in [4.78, 5) is 16.5. The molecule has 11 heteroatoms. The Hall–Kier alpha value is -5.03. The molecule has 10 nitrogen and oxygen atoms in total. The highest BCUT2D eigenvalue weighted by Gasteiger charge is 2.52. The van der Waals surface area contributed by atoms with E-state index in [0.29, 0.717) is 64.0 Å². The molecule has 0 spiro atoms. The van der Waals surface area contributed by atoms with Crippen LogP contribution in [0, 0.1) is 33.9 Å². The number of nitrogens with two attached hydrogens (primary N) is 1. The molecule has 1 fully saturated rings. The molecule has 1 saturated carbocycles. The number of nitrogens with one attached hydrogen (secondary N) is 2. The number of primary amides is 1. The zero-order chi connectivity index (χ0) is 28.7. The van der Waals surface area contributed by atoms with E-state index in [1.165, 1.54) is 23.0 Å². The van der Waals surface area contributed by atoms with Crippen LogP contribution in [0.2, 0.25) is 0 Å². The zero-order valence-corrected chi connectivity index (χ0v) is 22.4. The second kappa shape index (κ2) is 9.93. The smallest absolute Gasteiger partial charge is 0.245 e. The quantitative estimate of drug-likeness (QED) is 0.299. The number of fused-ring (bicyclic) bond motifs is 1. The van der Waals surface area contributed by atoms with Crippen molar-refractivity contribution in [3.05, 3.63) is 77.0 Å². The zero-order valence-electron chi connectivity index (χ0n) is 22.4. The fourth-order valence-electron chi connectivity index (χ4n) is 4.58. The number of benzene rings is 2. The highest BCUT2D eigenvalue weighted by atomic mass is 19.1. The van der Waals surface area contributed by atoms with Gasteiger partial charge in [-0.25, -0.2) is 9.07 Å². The predicted molar refractivity (Wildman–Crippen MR) is 147 cm³/mol. The number of nitrogens with zero attached hydrogens (tertiary/aromatic N) is 6. The largest absolute Gasteiger partial charge is 0.383 e. The summed E-state index contributed by atoms with van der Waals surface area (Å²) >= 11 is 0. The van der Waals surface area contributed by atoms with Gasteiger partial charge in [0, 0.05) is 23.8 Å². The van der Waals surface area contributed by atoms with Gasteiger partial charge in [-0.3, -0.25) is 9.78 Å². The van der Waals surface area contributed by atoms with Crippen LogP contribution in [0.1, 0.15) is 62.0 Å². The van der Waals surface area contributed by atoms with Gasteiger partial charge in [0.1, 0.15) is 29.2 Å². The van der Waals surface area contributed by atoms with Crippen LogP contribution in [-0.2, 0) is 10.3 Å². The maximum absolute atomic E-state index is 13.8. The Labute approximate surface area is 230 Å². The highest BCUT2D eigenvalue weighted by molar-refractivity contribution is 5.99. The number of halogens is 1. The van der Waals surface area contributed by atoms with Crippen LogP contribution in [0.5, 0.6) is 0 Å². The van der Waals surface area contributed by atoms with Gasteiger partial charge < -0.3 is 16.4 Å². The molecule has 0 saturated heterocycles. The van der Waals surface area contributed by atoms with E-state index in [0.717, 1.165) is 0 Å². The number of pyridine rings is 1. The molecule has 0 radical (unpaired) electrons. The minimum Gasteiger partial charge on any atom is -0.383 e. The average molecular weight is 538 g/mol. The van der Waals surface area contributed by atoms with Crippen LogP contribution < -0.4 is 16.4 Å². The van der Waals surface area contributed by atoms with Gasteiger partial charge in [-0.2, -0.15) is 10.5 Å². The monoisotopic (exact) mass is 537 g/mol. The maximum atomic E-state index is 13.8. The first kappa shape index (κ1) is 26.6. The van der Waals surface area contributed by atoms with E-state index in [1.807, 2.05) is 6.07 Å². The fourth-order valence-corrected chi connectivity index (χ4v) is 4.58. The lowest BCUT2D eigenvalue weighted by Gasteiger charge is -2.22. The van der Waals surface area contributed by atoms with Crippen LogP contribution >= 0.6 is 0 Å². The number of nitriles is 2. The van der Waals surface area contributed by atoms with E-state index in [-0.39, 0.29) is 11.2 Å². The van der Waals surface area contributed by atoms with Gasteiger partial charge in [0.25, 0.3) is 0 Å². The summed E-state index contributed by atoms with van der Waals surface area (Å²) in [5, 5.41) is 35.7. The van der Waals surface area contributed by atoms with Crippen molar-refractivity contribution < 1.29 is 9.18 Å². The summed E-state index contributed by atoms with van der Waals surface area (Å²) in [5.74, 6) is -0.863. The molecule has 2 heterocycles. The Bertz CT molecular complexity index is 1690. The van der Waals surface area contributed by atoms with Gasteiger partial charge in [-0.1, -0.05) is 38.1 Å². The van der Waals surface area contributed by atoms with Crippen LogP contribution in [0.25, 0.3) is 10.9 Å². The van der Waals surface area contributed by atoms with E-state index in [2.05, 4.69) is 58.8 Å². The molecule has 40 heavy (non-hydrogen) atoms. The average Bonchev–Trinajstić information content (AvgIpc) is 3.60. The van der Waals surface area contributed by atoms with Crippen molar-refractivity contribution in [1.29, 1.82) is 10.5 Å². The Balaban J connectivity index is 1.61. The topological polar surface area (TPSA) is 158 Å². The van der Waals surface area contributed by atoms with Gasteiger partial charge in [0.15, 0.2) is 0 Å². The Morgan fingerprint density at radius 2 is 1.88 bits per heavy atom.